The quantitative estimate of drug-likeness (QED) is 0.515. The summed E-state index contributed by atoms with van der Waals surface area (Å²) in [7, 11) is 0. The number of aliphatic hydroxyl groups is 3. The maximum atomic E-state index is 9.18. The summed E-state index contributed by atoms with van der Waals surface area (Å²) in [6.07, 6.45) is -0.983. The summed E-state index contributed by atoms with van der Waals surface area (Å²) in [6, 6.07) is 0. The average Bonchev–Trinajstić information content (AvgIpc) is 2.00. The first-order valence-electron chi connectivity index (χ1n) is 3.60. The average molecular weight is 148 g/mol. The fourth-order valence-electron chi connectivity index (χ4n) is 0.729. The minimum atomic E-state index is -0.796. The molecule has 0 aliphatic rings. The number of hydrogen-bond donors (Lipinski definition) is 3. The third kappa shape index (κ3) is 2.64. The maximum absolute atomic E-state index is 9.18. The van der Waals surface area contributed by atoms with Crippen LogP contribution in [-0.4, -0.2) is 34.1 Å². The Morgan fingerprint density at radius 3 is 2.10 bits per heavy atom. The summed E-state index contributed by atoms with van der Waals surface area (Å²) in [6.45, 7) is 3.40. The van der Waals surface area contributed by atoms with E-state index in [0.717, 1.165) is 0 Å². The van der Waals surface area contributed by atoms with Crippen molar-refractivity contribution in [2.24, 2.45) is 5.92 Å². The summed E-state index contributed by atoms with van der Waals surface area (Å²) >= 11 is 0. The zero-order chi connectivity index (χ0) is 8.15. The van der Waals surface area contributed by atoms with Crippen molar-refractivity contribution in [1.82, 2.24) is 0 Å². The number of aliphatic hydroxyl groups excluding tert-OH is 3. The van der Waals surface area contributed by atoms with Crippen LogP contribution in [0.1, 0.15) is 20.3 Å². The fraction of sp³-hybridized carbons (Fsp3) is 1.00. The van der Waals surface area contributed by atoms with Crippen LogP contribution >= 0.6 is 0 Å². The van der Waals surface area contributed by atoms with Crippen LogP contribution in [0.3, 0.4) is 0 Å². The van der Waals surface area contributed by atoms with Gasteiger partial charge in [0, 0.05) is 12.5 Å². The molecule has 0 saturated heterocycles. The summed E-state index contributed by atoms with van der Waals surface area (Å²) < 4.78 is 0. The van der Waals surface area contributed by atoms with E-state index < -0.39 is 12.2 Å². The van der Waals surface area contributed by atoms with Gasteiger partial charge in [-0.25, -0.2) is 0 Å². The van der Waals surface area contributed by atoms with E-state index in [4.69, 9.17) is 10.2 Å². The van der Waals surface area contributed by atoms with Gasteiger partial charge in [0.2, 0.25) is 0 Å². The molecule has 0 rings (SSSR count). The Morgan fingerprint density at radius 2 is 1.80 bits per heavy atom. The van der Waals surface area contributed by atoms with E-state index in [1.165, 1.54) is 0 Å². The fourth-order valence-corrected chi connectivity index (χ4v) is 0.729. The van der Waals surface area contributed by atoms with Crippen molar-refractivity contribution in [3.8, 4) is 0 Å². The molecular formula is C7H16O3. The van der Waals surface area contributed by atoms with Gasteiger partial charge in [-0.2, -0.15) is 0 Å². The van der Waals surface area contributed by atoms with Crippen LogP contribution < -0.4 is 0 Å². The zero-order valence-corrected chi connectivity index (χ0v) is 6.49. The standard InChI is InChI=1S/C7H16O3/c1-3-6(9)7(10)5(2)4-8/h5-10H,3-4H2,1-2H3/t5-,6+,7-/m0/s1. The molecule has 3 nitrogen and oxygen atoms in total. The monoisotopic (exact) mass is 148 g/mol. The second-order valence-corrected chi connectivity index (χ2v) is 2.63. The van der Waals surface area contributed by atoms with Crippen LogP contribution in [0.15, 0.2) is 0 Å². The molecule has 3 heteroatoms. The SMILES string of the molecule is CC[C@@H](O)[C@@H](O)[C@@H](C)CO. The smallest absolute Gasteiger partial charge is 0.0846 e. The van der Waals surface area contributed by atoms with Crippen LogP contribution in [0.25, 0.3) is 0 Å². The van der Waals surface area contributed by atoms with Gasteiger partial charge in [0.15, 0.2) is 0 Å². The van der Waals surface area contributed by atoms with Gasteiger partial charge in [0.05, 0.1) is 12.2 Å². The first kappa shape index (κ1) is 9.88. The molecule has 0 spiro atoms. The molecule has 0 aliphatic heterocycles. The Morgan fingerprint density at radius 1 is 1.30 bits per heavy atom. The largest absolute Gasteiger partial charge is 0.396 e. The van der Waals surface area contributed by atoms with Crippen molar-refractivity contribution in [1.29, 1.82) is 0 Å². The molecule has 3 N–H and O–H groups in total. The Bertz CT molecular complexity index is 74.9. The van der Waals surface area contributed by atoms with E-state index in [9.17, 15) is 5.11 Å². The van der Waals surface area contributed by atoms with Crippen LogP contribution in [0.4, 0.5) is 0 Å². The van der Waals surface area contributed by atoms with Gasteiger partial charge in [-0.05, 0) is 6.42 Å². The molecule has 0 fully saturated rings. The van der Waals surface area contributed by atoms with Crippen molar-refractivity contribution >= 4 is 0 Å². The molecule has 10 heavy (non-hydrogen) atoms. The van der Waals surface area contributed by atoms with Gasteiger partial charge in [-0.15, -0.1) is 0 Å². The molecule has 0 radical (unpaired) electrons. The highest BCUT2D eigenvalue weighted by atomic mass is 16.3. The summed E-state index contributed by atoms with van der Waals surface area (Å²) in [5, 5.41) is 26.8. The zero-order valence-electron chi connectivity index (χ0n) is 6.49. The van der Waals surface area contributed by atoms with Crippen LogP contribution in [0, 0.1) is 5.92 Å². The lowest BCUT2D eigenvalue weighted by Crippen LogP contribution is -2.33. The first-order chi connectivity index (χ1) is 4.63. The topological polar surface area (TPSA) is 60.7 Å². The Balaban J connectivity index is 3.69. The van der Waals surface area contributed by atoms with Crippen molar-refractivity contribution in [2.75, 3.05) is 6.61 Å². The molecule has 0 aromatic carbocycles. The van der Waals surface area contributed by atoms with Gasteiger partial charge < -0.3 is 15.3 Å². The lowest BCUT2D eigenvalue weighted by molar-refractivity contribution is -0.0278. The highest BCUT2D eigenvalue weighted by molar-refractivity contribution is 4.70. The van der Waals surface area contributed by atoms with Crippen LogP contribution in [0.5, 0.6) is 0 Å². The summed E-state index contributed by atoms with van der Waals surface area (Å²) in [5.41, 5.74) is 0. The molecule has 3 atom stereocenters. The molecule has 0 bridgehead atoms. The summed E-state index contributed by atoms with van der Waals surface area (Å²) in [5.74, 6) is -0.241. The Hall–Kier alpha value is -0.120. The van der Waals surface area contributed by atoms with Gasteiger partial charge in [-0.1, -0.05) is 13.8 Å². The second kappa shape index (κ2) is 4.66. The highest BCUT2D eigenvalue weighted by Gasteiger charge is 2.20. The molecule has 0 aromatic rings. The number of hydrogen-bond acceptors (Lipinski definition) is 3. The van der Waals surface area contributed by atoms with E-state index in [2.05, 4.69) is 0 Å². The highest BCUT2D eigenvalue weighted by Crippen LogP contribution is 2.08. The molecule has 0 aromatic heterocycles. The Kier molecular flexibility index (Phi) is 4.60. The van der Waals surface area contributed by atoms with Gasteiger partial charge in [0.1, 0.15) is 0 Å². The second-order valence-electron chi connectivity index (χ2n) is 2.63. The van der Waals surface area contributed by atoms with Gasteiger partial charge >= 0.3 is 0 Å². The van der Waals surface area contributed by atoms with Crippen molar-refractivity contribution in [3.05, 3.63) is 0 Å². The predicted octanol–water partition coefficient (Wildman–Crippen LogP) is -0.253. The number of rotatable bonds is 4. The molecular weight excluding hydrogens is 132 g/mol. The summed E-state index contributed by atoms with van der Waals surface area (Å²) in [4.78, 5) is 0. The minimum absolute atomic E-state index is 0.0851. The van der Waals surface area contributed by atoms with Gasteiger partial charge in [-0.3, -0.25) is 0 Å². The van der Waals surface area contributed by atoms with Crippen LogP contribution in [-0.2, 0) is 0 Å². The third-order valence-corrected chi connectivity index (χ3v) is 1.68. The van der Waals surface area contributed by atoms with E-state index >= 15 is 0 Å². The third-order valence-electron chi connectivity index (χ3n) is 1.68. The normalized spacial score (nSPS) is 20.1. The lowest BCUT2D eigenvalue weighted by Gasteiger charge is -2.20. The predicted molar refractivity (Wildman–Crippen MR) is 38.6 cm³/mol. The molecule has 0 amide bonds. The van der Waals surface area contributed by atoms with Gasteiger partial charge in [0.25, 0.3) is 0 Å². The van der Waals surface area contributed by atoms with E-state index in [0.29, 0.717) is 6.42 Å². The van der Waals surface area contributed by atoms with Crippen molar-refractivity contribution < 1.29 is 15.3 Å². The van der Waals surface area contributed by atoms with Crippen molar-refractivity contribution in [3.63, 3.8) is 0 Å². The first-order valence-corrected chi connectivity index (χ1v) is 3.60. The molecule has 0 heterocycles. The van der Waals surface area contributed by atoms with Crippen molar-refractivity contribution in [2.45, 2.75) is 32.5 Å². The molecule has 0 aliphatic carbocycles. The Labute approximate surface area is 61.3 Å². The maximum Gasteiger partial charge on any atom is 0.0846 e. The lowest BCUT2D eigenvalue weighted by atomic mass is 9.99. The minimum Gasteiger partial charge on any atom is -0.396 e. The molecule has 0 saturated carbocycles. The molecule has 0 unspecified atom stereocenters. The van der Waals surface area contributed by atoms with E-state index in [1.54, 1.807) is 13.8 Å². The van der Waals surface area contributed by atoms with Crippen LogP contribution in [0.2, 0.25) is 0 Å². The van der Waals surface area contributed by atoms with E-state index in [1.807, 2.05) is 0 Å². The molecule has 62 valence electrons. The van der Waals surface area contributed by atoms with E-state index in [-0.39, 0.29) is 12.5 Å².